The minimum atomic E-state index is -0.807. The Morgan fingerprint density at radius 1 is 1.54 bits per heavy atom. The lowest BCUT2D eigenvalue weighted by atomic mass is 9.83. The van der Waals surface area contributed by atoms with Crippen molar-refractivity contribution in [2.24, 2.45) is 11.0 Å². The summed E-state index contributed by atoms with van der Waals surface area (Å²) in [5, 5.41) is 14.6. The molecule has 1 aliphatic rings. The van der Waals surface area contributed by atoms with E-state index in [4.69, 9.17) is 5.11 Å². The fourth-order valence-electron chi connectivity index (χ4n) is 0.961. The summed E-state index contributed by atoms with van der Waals surface area (Å²) in [5.74, 6) is -1.14. The lowest BCUT2D eigenvalue weighted by Gasteiger charge is -2.23. The Kier molecular flexibility index (Phi) is 2.84. The molecule has 0 bridgehead atoms. The van der Waals surface area contributed by atoms with Gasteiger partial charge < -0.3 is 10.4 Å². The fraction of sp³-hybridized carbons (Fsp3) is 0.571. The maximum Gasteiger partial charge on any atom is 0.334 e. The summed E-state index contributed by atoms with van der Waals surface area (Å²) in [6.45, 7) is 0. The molecule has 1 fully saturated rings. The molecule has 0 aliphatic heterocycles. The van der Waals surface area contributed by atoms with Crippen LogP contribution in [0.15, 0.2) is 5.10 Å². The van der Waals surface area contributed by atoms with E-state index in [0.717, 1.165) is 5.71 Å². The van der Waals surface area contributed by atoms with Gasteiger partial charge in [-0.3, -0.25) is 4.79 Å². The number of hydrogen-bond acceptors (Lipinski definition) is 3. The molecule has 2 amide bonds. The smallest absolute Gasteiger partial charge is 0.334 e. The van der Waals surface area contributed by atoms with Gasteiger partial charge in [-0.25, -0.2) is 10.2 Å². The second kappa shape index (κ2) is 3.88. The lowest BCUT2D eigenvalue weighted by Crippen LogP contribution is -2.35. The van der Waals surface area contributed by atoms with E-state index in [2.05, 4.69) is 15.8 Å². The normalized spacial score (nSPS) is 20.1. The molecule has 13 heavy (non-hydrogen) atoms. The Morgan fingerprint density at radius 2 is 2.15 bits per heavy atom. The number of hydrazone groups is 1. The molecule has 1 aliphatic carbocycles. The van der Waals surface area contributed by atoms with E-state index in [9.17, 15) is 9.59 Å². The van der Waals surface area contributed by atoms with Gasteiger partial charge in [0.25, 0.3) is 0 Å². The summed E-state index contributed by atoms with van der Waals surface area (Å²) < 4.78 is 0. The predicted octanol–water partition coefficient (Wildman–Crippen LogP) is -0.234. The maximum atomic E-state index is 10.6. The van der Waals surface area contributed by atoms with Crippen molar-refractivity contribution in [1.82, 2.24) is 10.7 Å². The number of carboxylic acids is 1. The molecule has 0 unspecified atom stereocenters. The number of nitrogens with zero attached hydrogens (tertiary/aromatic N) is 1. The number of carbonyl (C=O) groups is 2. The summed E-state index contributed by atoms with van der Waals surface area (Å²) in [6, 6.07) is -0.397. The third kappa shape index (κ3) is 2.43. The van der Waals surface area contributed by atoms with Gasteiger partial charge in [-0.15, -0.1) is 0 Å². The molecule has 3 N–H and O–H groups in total. The Morgan fingerprint density at radius 3 is 2.62 bits per heavy atom. The van der Waals surface area contributed by atoms with Crippen LogP contribution in [0.5, 0.6) is 0 Å². The first-order chi connectivity index (χ1) is 6.13. The largest absolute Gasteiger partial charge is 0.481 e. The average molecular weight is 185 g/mol. The molecule has 1 saturated carbocycles. The average Bonchev–Trinajstić information content (AvgIpc) is 2.00. The fourth-order valence-corrected chi connectivity index (χ4v) is 0.961. The van der Waals surface area contributed by atoms with Crippen molar-refractivity contribution in [1.29, 1.82) is 0 Å². The van der Waals surface area contributed by atoms with Crippen LogP contribution in [0.2, 0.25) is 0 Å². The molecule has 0 aromatic heterocycles. The van der Waals surface area contributed by atoms with Crippen molar-refractivity contribution >= 4 is 17.7 Å². The molecule has 0 aromatic rings. The van der Waals surface area contributed by atoms with Crippen molar-refractivity contribution < 1.29 is 14.7 Å². The first-order valence-electron chi connectivity index (χ1n) is 3.89. The highest BCUT2D eigenvalue weighted by Gasteiger charge is 2.31. The SMILES string of the molecule is CNC(=O)NN=C1CC(C(=O)O)C1. The monoisotopic (exact) mass is 185 g/mol. The van der Waals surface area contributed by atoms with Crippen LogP contribution in [0.1, 0.15) is 12.8 Å². The van der Waals surface area contributed by atoms with Crippen LogP contribution in [-0.4, -0.2) is 29.9 Å². The number of carboxylic acid groups (broad SMARTS) is 1. The van der Waals surface area contributed by atoms with Gasteiger partial charge in [-0.2, -0.15) is 5.10 Å². The highest BCUT2D eigenvalue weighted by Crippen LogP contribution is 2.23. The second-order valence-corrected chi connectivity index (χ2v) is 2.81. The molecule has 0 atom stereocenters. The Hall–Kier alpha value is -1.59. The van der Waals surface area contributed by atoms with Gasteiger partial charge in [-0.05, 0) is 0 Å². The van der Waals surface area contributed by atoms with E-state index < -0.39 is 12.0 Å². The maximum absolute atomic E-state index is 10.6. The third-order valence-electron chi connectivity index (χ3n) is 1.86. The molecule has 6 nitrogen and oxygen atoms in total. The van der Waals surface area contributed by atoms with Crippen LogP contribution >= 0.6 is 0 Å². The van der Waals surface area contributed by atoms with E-state index >= 15 is 0 Å². The van der Waals surface area contributed by atoms with Gasteiger partial charge in [-0.1, -0.05) is 0 Å². The van der Waals surface area contributed by atoms with Gasteiger partial charge in [0.05, 0.1) is 5.92 Å². The minimum absolute atomic E-state index is 0.328. The summed E-state index contributed by atoms with van der Waals surface area (Å²) in [6.07, 6.45) is 0.860. The number of urea groups is 1. The number of aliphatic carboxylic acids is 1. The quantitative estimate of drug-likeness (QED) is 0.519. The summed E-state index contributed by atoms with van der Waals surface area (Å²) >= 11 is 0. The molecule has 0 aromatic carbocycles. The number of hydrogen-bond donors (Lipinski definition) is 3. The van der Waals surface area contributed by atoms with Crippen LogP contribution in [0.3, 0.4) is 0 Å². The molecule has 1 rings (SSSR count). The zero-order valence-corrected chi connectivity index (χ0v) is 7.20. The summed E-state index contributed by atoms with van der Waals surface area (Å²) in [5.41, 5.74) is 2.96. The molecular weight excluding hydrogens is 174 g/mol. The van der Waals surface area contributed by atoms with E-state index in [0.29, 0.717) is 12.8 Å². The van der Waals surface area contributed by atoms with Crippen LogP contribution < -0.4 is 10.7 Å². The highest BCUT2D eigenvalue weighted by atomic mass is 16.4. The minimum Gasteiger partial charge on any atom is -0.481 e. The predicted molar refractivity (Wildman–Crippen MR) is 45.4 cm³/mol. The van der Waals surface area contributed by atoms with Gasteiger partial charge in [0.2, 0.25) is 0 Å². The van der Waals surface area contributed by atoms with Crippen LogP contribution in [0, 0.1) is 5.92 Å². The highest BCUT2D eigenvalue weighted by molar-refractivity contribution is 5.97. The standard InChI is InChI=1S/C7H11N3O3/c1-8-7(13)10-9-5-2-4(3-5)6(11)12/h4H,2-3H2,1H3,(H,11,12)(H2,8,10,13). The lowest BCUT2D eigenvalue weighted by molar-refractivity contribution is -0.142. The van der Waals surface area contributed by atoms with Gasteiger partial charge in [0, 0.05) is 25.6 Å². The zero-order valence-electron chi connectivity index (χ0n) is 7.20. The van der Waals surface area contributed by atoms with Crippen molar-refractivity contribution in [2.75, 3.05) is 7.05 Å². The molecule has 0 spiro atoms. The van der Waals surface area contributed by atoms with Crippen LogP contribution in [0.25, 0.3) is 0 Å². The Labute approximate surface area is 75.0 Å². The summed E-state index contributed by atoms with van der Waals surface area (Å²) in [4.78, 5) is 21.0. The molecule has 6 heteroatoms. The van der Waals surface area contributed by atoms with Crippen molar-refractivity contribution in [3.63, 3.8) is 0 Å². The summed E-state index contributed by atoms with van der Waals surface area (Å²) in [7, 11) is 1.48. The van der Waals surface area contributed by atoms with Crippen LogP contribution in [0.4, 0.5) is 4.79 Å². The number of nitrogens with one attached hydrogen (secondary N) is 2. The van der Waals surface area contributed by atoms with E-state index in [1.165, 1.54) is 7.05 Å². The third-order valence-corrected chi connectivity index (χ3v) is 1.86. The van der Waals surface area contributed by atoms with Gasteiger partial charge in [0.1, 0.15) is 0 Å². The number of amides is 2. The Balaban J connectivity index is 2.27. The first kappa shape index (κ1) is 9.50. The molecule has 0 saturated heterocycles. The molecular formula is C7H11N3O3. The molecule has 0 heterocycles. The van der Waals surface area contributed by atoms with Gasteiger partial charge in [0.15, 0.2) is 0 Å². The van der Waals surface area contributed by atoms with E-state index in [-0.39, 0.29) is 5.92 Å². The van der Waals surface area contributed by atoms with E-state index in [1.54, 1.807) is 0 Å². The number of rotatable bonds is 2. The molecule has 72 valence electrons. The van der Waals surface area contributed by atoms with Crippen molar-refractivity contribution in [3.8, 4) is 0 Å². The van der Waals surface area contributed by atoms with Gasteiger partial charge >= 0.3 is 12.0 Å². The number of carbonyl (C=O) groups excluding carboxylic acids is 1. The first-order valence-corrected chi connectivity index (χ1v) is 3.89. The Bertz CT molecular complexity index is 254. The topological polar surface area (TPSA) is 90.8 Å². The zero-order chi connectivity index (χ0) is 9.84. The van der Waals surface area contributed by atoms with Crippen molar-refractivity contribution in [2.45, 2.75) is 12.8 Å². The van der Waals surface area contributed by atoms with Crippen LogP contribution in [-0.2, 0) is 4.79 Å². The second-order valence-electron chi connectivity index (χ2n) is 2.81. The molecule has 0 radical (unpaired) electrons. The van der Waals surface area contributed by atoms with Crippen molar-refractivity contribution in [3.05, 3.63) is 0 Å². The van der Waals surface area contributed by atoms with E-state index in [1.807, 2.05) is 0 Å².